The minimum atomic E-state index is -0.384. The number of benzene rings is 7. The summed E-state index contributed by atoms with van der Waals surface area (Å²) in [5.41, 5.74) is 13.7. The van der Waals surface area contributed by atoms with Gasteiger partial charge in [0.1, 0.15) is 44.1 Å². The van der Waals surface area contributed by atoms with Crippen LogP contribution in [0.25, 0.3) is 43.9 Å². The second-order valence-electron chi connectivity index (χ2n) is 16.6. The summed E-state index contributed by atoms with van der Waals surface area (Å²) in [6.45, 7) is 7.79. The van der Waals surface area contributed by atoms with Crippen LogP contribution in [0, 0.1) is 27.7 Å². The van der Waals surface area contributed by atoms with Crippen molar-refractivity contribution in [1.29, 1.82) is 0 Å². The Morgan fingerprint density at radius 1 is 0.475 bits per heavy atom. The molecule has 12 rings (SSSR count). The SMILES string of the molecule is [B]C1=C2N(c3ccc4c(c3)oc3ccccc34)C(=O)N(c3cccc4c3oc3ccccc34)C3=C([B])B(c4c(C)cccc4C)c4cccc(c4N23)B1c1c(C)cccc1C. The molecule has 3 aliphatic rings. The number of fused-ring (bicyclic) bond motifs is 6. The van der Waals surface area contributed by atoms with Crippen LogP contribution in [0.2, 0.25) is 0 Å². The predicted octanol–water partition coefficient (Wildman–Crippen LogP) is 8.67. The van der Waals surface area contributed by atoms with Crippen molar-refractivity contribution in [2.45, 2.75) is 27.7 Å². The van der Waals surface area contributed by atoms with Gasteiger partial charge in [0.25, 0.3) is 0 Å². The molecule has 1 fully saturated rings. The van der Waals surface area contributed by atoms with Gasteiger partial charge in [-0.2, -0.15) is 0 Å². The fourth-order valence-corrected chi connectivity index (χ4v) is 10.6. The first-order chi connectivity index (χ1) is 29.7. The highest BCUT2D eigenvalue weighted by molar-refractivity contribution is 7.02. The van der Waals surface area contributed by atoms with Gasteiger partial charge in [0.2, 0.25) is 13.4 Å². The van der Waals surface area contributed by atoms with Crippen molar-refractivity contribution < 1.29 is 13.6 Å². The van der Waals surface area contributed by atoms with Crippen molar-refractivity contribution in [2.24, 2.45) is 0 Å². The highest BCUT2D eigenvalue weighted by Crippen LogP contribution is 2.47. The number of carbonyl (C=O) groups excluding carboxylic acids is 1. The zero-order valence-corrected chi connectivity index (χ0v) is 34.2. The van der Waals surface area contributed by atoms with Crippen LogP contribution in [0.1, 0.15) is 22.3 Å². The highest BCUT2D eigenvalue weighted by atomic mass is 16.3. The Hall–Kier alpha value is -7.05. The molecule has 0 unspecified atom stereocenters. The molecule has 2 amide bonds. The second kappa shape index (κ2) is 13.0. The number of aryl methyl sites for hydroxylation is 4. The molecule has 0 spiro atoms. The maximum absolute atomic E-state index is 16.3. The monoisotopic (exact) mass is 781 g/mol. The lowest BCUT2D eigenvalue weighted by molar-refractivity contribution is 0.252. The number of para-hydroxylation sites is 4. The molecule has 2 aromatic heterocycles. The number of furan rings is 2. The smallest absolute Gasteiger partial charge is 0.340 e. The Kier molecular flexibility index (Phi) is 7.63. The predicted molar refractivity (Wildman–Crippen MR) is 254 cm³/mol. The van der Waals surface area contributed by atoms with Gasteiger partial charge in [0.05, 0.1) is 11.4 Å². The normalized spacial score (nSPS) is 15.1. The van der Waals surface area contributed by atoms with E-state index >= 15 is 4.79 Å². The molecule has 61 heavy (non-hydrogen) atoms. The van der Waals surface area contributed by atoms with Gasteiger partial charge in [-0.25, -0.2) is 14.6 Å². The first-order valence-electron chi connectivity index (χ1n) is 20.7. The van der Waals surface area contributed by atoms with Crippen LogP contribution in [-0.2, 0) is 0 Å². The fraction of sp³-hybridized carbons (Fsp3) is 0.0784. The van der Waals surface area contributed by atoms with E-state index in [-0.39, 0.29) is 19.5 Å². The number of amides is 2. The van der Waals surface area contributed by atoms with E-state index in [4.69, 9.17) is 24.5 Å². The van der Waals surface area contributed by atoms with E-state index in [0.29, 0.717) is 44.9 Å². The van der Waals surface area contributed by atoms with E-state index in [2.05, 4.69) is 93.3 Å². The quantitative estimate of drug-likeness (QED) is 0.168. The summed E-state index contributed by atoms with van der Waals surface area (Å²) in [4.78, 5) is 21.9. The van der Waals surface area contributed by atoms with Crippen molar-refractivity contribution in [2.75, 3.05) is 14.7 Å². The molecule has 7 aromatic carbocycles. The van der Waals surface area contributed by atoms with Gasteiger partial charge in [-0.3, -0.25) is 4.90 Å². The summed E-state index contributed by atoms with van der Waals surface area (Å²) in [5.74, 6) is 1.07. The first-order valence-corrected chi connectivity index (χ1v) is 20.7. The number of anilines is 3. The van der Waals surface area contributed by atoms with Crippen molar-refractivity contribution >= 4 is 118 Å². The molecule has 5 heterocycles. The van der Waals surface area contributed by atoms with Gasteiger partial charge in [0.15, 0.2) is 5.58 Å². The van der Waals surface area contributed by atoms with Gasteiger partial charge in [-0.15, -0.1) is 0 Å². The molecule has 0 bridgehead atoms. The molecule has 4 radical (unpaired) electrons. The molecular weight excluding hydrogens is 746 g/mol. The van der Waals surface area contributed by atoms with E-state index in [1.165, 1.54) is 0 Å². The Labute approximate surface area is 356 Å². The molecule has 284 valence electrons. The Morgan fingerprint density at radius 2 is 0.967 bits per heavy atom. The van der Waals surface area contributed by atoms with Crippen LogP contribution in [0.5, 0.6) is 0 Å². The summed E-state index contributed by atoms with van der Waals surface area (Å²) >= 11 is 0. The largest absolute Gasteiger partial charge is 0.456 e. The maximum Gasteiger partial charge on any atom is 0.340 e. The molecule has 0 N–H and O–H groups in total. The van der Waals surface area contributed by atoms with Crippen molar-refractivity contribution in [1.82, 2.24) is 0 Å². The molecule has 0 saturated carbocycles. The molecule has 6 nitrogen and oxygen atoms in total. The number of rotatable bonds is 4. The second-order valence-corrected chi connectivity index (χ2v) is 16.6. The van der Waals surface area contributed by atoms with Crippen LogP contribution in [-0.4, -0.2) is 35.1 Å². The van der Waals surface area contributed by atoms with Gasteiger partial charge in [-0.1, -0.05) is 147 Å². The summed E-state index contributed by atoms with van der Waals surface area (Å²) in [7, 11) is 15.4. The highest BCUT2D eigenvalue weighted by Gasteiger charge is 2.52. The van der Waals surface area contributed by atoms with Gasteiger partial charge in [-0.05, 0) is 69.0 Å². The molecule has 1 saturated heterocycles. The Bertz CT molecular complexity index is 3430. The number of hydrogen-bond donors (Lipinski definition) is 0. The Balaban J connectivity index is 1.22. The zero-order chi connectivity index (χ0) is 41.4. The minimum Gasteiger partial charge on any atom is -0.456 e. The molecule has 0 atom stereocenters. The number of urea groups is 1. The maximum atomic E-state index is 16.3. The molecule has 3 aliphatic heterocycles. The zero-order valence-electron chi connectivity index (χ0n) is 34.2. The van der Waals surface area contributed by atoms with E-state index in [1.54, 1.807) is 9.80 Å². The van der Waals surface area contributed by atoms with Crippen LogP contribution < -0.4 is 36.6 Å². The van der Waals surface area contributed by atoms with Crippen LogP contribution in [0.4, 0.5) is 21.9 Å². The third-order valence-corrected chi connectivity index (χ3v) is 13.2. The lowest BCUT2D eigenvalue weighted by Gasteiger charge is -2.54. The third-order valence-electron chi connectivity index (χ3n) is 13.2. The van der Waals surface area contributed by atoms with E-state index in [1.807, 2.05) is 78.9 Å². The summed E-state index contributed by atoms with van der Waals surface area (Å²) in [6.07, 6.45) is 0. The number of nitrogens with zero attached hydrogens (tertiary/aromatic N) is 3. The fourth-order valence-electron chi connectivity index (χ4n) is 10.6. The lowest BCUT2D eigenvalue weighted by atomic mass is 9.26. The average Bonchev–Trinajstić information content (AvgIpc) is 3.83. The number of carbonyl (C=O) groups is 1. The lowest BCUT2D eigenvalue weighted by Crippen LogP contribution is -2.68. The minimum absolute atomic E-state index is 0.348. The van der Waals surface area contributed by atoms with Crippen molar-refractivity contribution in [3.8, 4) is 0 Å². The molecular formula is C51H35B4N3O3. The van der Waals surface area contributed by atoms with Gasteiger partial charge in [0, 0.05) is 33.3 Å². The van der Waals surface area contributed by atoms with E-state index < -0.39 is 0 Å². The van der Waals surface area contributed by atoms with Crippen molar-refractivity contribution in [3.63, 3.8) is 0 Å². The topological polar surface area (TPSA) is 53.1 Å². The molecule has 10 heteroatoms. The summed E-state index contributed by atoms with van der Waals surface area (Å²) in [6, 6.07) is 46.8. The first kappa shape index (κ1) is 35.9. The third kappa shape index (κ3) is 4.87. The summed E-state index contributed by atoms with van der Waals surface area (Å²) < 4.78 is 13.2. The van der Waals surface area contributed by atoms with Crippen LogP contribution >= 0.6 is 0 Å². The van der Waals surface area contributed by atoms with E-state index in [0.717, 1.165) is 82.5 Å². The standard InChI is InChI=1S/C51H35B4N3O3/c1-28-13-9-14-29(2)43(28)54-37-20-12-21-38-45(37)58-49(47(54)52)56(32-25-26-35-33-17-5-7-23-40(33)60-42(35)27-32)51(59)57(50(58)48(53)55(38)44-30(3)15-10-16-31(44)4)39-22-11-19-36-34-18-6-8-24-41(34)61-46(36)39/h5-27H,1-4H3. The molecule has 9 aromatic rings. The average molecular weight is 781 g/mol. The van der Waals surface area contributed by atoms with Gasteiger partial charge < -0.3 is 8.83 Å². The summed E-state index contributed by atoms with van der Waals surface area (Å²) in [5, 5.41) is 4.89. The molecule has 0 aliphatic carbocycles. The number of hydrogen-bond acceptors (Lipinski definition) is 4. The van der Waals surface area contributed by atoms with Gasteiger partial charge >= 0.3 is 6.03 Å². The van der Waals surface area contributed by atoms with Crippen LogP contribution in [0.15, 0.2) is 171 Å². The van der Waals surface area contributed by atoms with Crippen LogP contribution in [0.3, 0.4) is 0 Å². The van der Waals surface area contributed by atoms with E-state index in [9.17, 15) is 0 Å². The Morgan fingerprint density at radius 3 is 1.59 bits per heavy atom. The van der Waals surface area contributed by atoms with Crippen molar-refractivity contribution in [3.05, 3.63) is 184 Å².